The molecular formula is C48H30N4. The number of nitrogens with zero attached hydrogens (tertiary/aromatic N) is 4. The van der Waals surface area contributed by atoms with E-state index in [-0.39, 0.29) is 0 Å². The number of rotatable bonds is 5. The number of aromatic nitrogens is 3. The van der Waals surface area contributed by atoms with Crippen LogP contribution in [0.4, 0.5) is 5.69 Å². The Morgan fingerprint density at radius 1 is 0.404 bits per heavy atom. The van der Waals surface area contributed by atoms with E-state index in [0.29, 0.717) is 5.69 Å². The average Bonchev–Trinajstić information content (AvgIpc) is 3.74. The summed E-state index contributed by atoms with van der Waals surface area (Å²) in [5, 5.41) is 4.77. The molecule has 0 N–H and O–H groups in total. The second-order valence-corrected chi connectivity index (χ2v) is 13.1. The highest BCUT2D eigenvalue weighted by Gasteiger charge is 2.21. The number of benzene rings is 7. The number of hydrogen-bond donors (Lipinski definition) is 0. The monoisotopic (exact) mass is 662 g/mol. The Hall–Kier alpha value is -7.22. The van der Waals surface area contributed by atoms with Crippen LogP contribution in [-0.4, -0.2) is 14.1 Å². The van der Waals surface area contributed by atoms with Crippen molar-refractivity contribution in [3.05, 3.63) is 193 Å². The lowest BCUT2D eigenvalue weighted by molar-refractivity contribution is 1.17. The van der Waals surface area contributed by atoms with E-state index in [1.54, 1.807) is 0 Å². The van der Waals surface area contributed by atoms with Crippen LogP contribution >= 0.6 is 0 Å². The van der Waals surface area contributed by atoms with Gasteiger partial charge in [0.25, 0.3) is 0 Å². The molecule has 0 saturated carbocycles. The van der Waals surface area contributed by atoms with E-state index >= 15 is 0 Å². The molecule has 3 heterocycles. The number of fused-ring (bicyclic) bond motifs is 7. The standard InChI is InChI=1S/C48H30N4/c1-49-36-17-12-18-38(31-36)51-45-22-11-9-20-41(45)47-46(51)28-27-40-39-19-8-10-21-44(39)52(48(40)47)37-25-23-34(24-26-37)43-30-35(32-13-4-2-5-14-32)29-42(50-43)33-15-6-3-7-16-33/h2-31H. The summed E-state index contributed by atoms with van der Waals surface area (Å²) in [6.07, 6.45) is 0. The van der Waals surface area contributed by atoms with E-state index in [1.807, 2.05) is 24.3 Å². The van der Waals surface area contributed by atoms with Gasteiger partial charge < -0.3 is 9.13 Å². The molecule has 0 fully saturated rings. The maximum Gasteiger partial charge on any atom is 0.189 e. The molecule has 3 aromatic heterocycles. The third-order valence-electron chi connectivity index (χ3n) is 10.1. The maximum absolute atomic E-state index is 7.66. The summed E-state index contributed by atoms with van der Waals surface area (Å²) in [6.45, 7) is 7.66. The van der Waals surface area contributed by atoms with Crippen molar-refractivity contribution >= 4 is 49.3 Å². The van der Waals surface area contributed by atoms with E-state index in [1.165, 1.54) is 27.1 Å². The van der Waals surface area contributed by atoms with Crippen molar-refractivity contribution in [1.82, 2.24) is 14.1 Å². The molecule has 4 heteroatoms. The first-order valence-electron chi connectivity index (χ1n) is 17.4. The first-order valence-corrected chi connectivity index (χ1v) is 17.4. The van der Waals surface area contributed by atoms with E-state index in [0.717, 1.165) is 61.6 Å². The molecule has 52 heavy (non-hydrogen) atoms. The van der Waals surface area contributed by atoms with Crippen molar-refractivity contribution in [2.75, 3.05) is 0 Å². The van der Waals surface area contributed by atoms with Crippen LogP contribution < -0.4 is 0 Å². The Morgan fingerprint density at radius 3 is 1.73 bits per heavy atom. The molecule has 0 atom stereocenters. The van der Waals surface area contributed by atoms with E-state index in [2.05, 4.69) is 172 Å². The van der Waals surface area contributed by atoms with Gasteiger partial charge in [-0.25, -0.2) is 9.83 Å². The summed E-state index contributed by atoms with van der Waals surface area (Å²) in [6, 6.07) is 63.7. The Kier molecular flexibility index (Phi) is 6.84. The fourth-order valence-corrected chi connectivity index (χ4v) is 7.77. The van der Waals surface area contributed by atoms with Gasteiger partial charge in [0.2, 0.25) is 0 Å². The number of para-hydroxylation sites is 2. The van der Waals surface area contributed by atoms with Gasteiger partial charge in [-0.15, -0.1) is 0 Å². The first kappa shape index (κ1) is 29.7. The van der Waals surface area contributed by atoms with Crippen molar-refractivity contribution in [1.29, 1.82) is 0 Å². The molecule has 0 unspecified atom stereocenters. The van der Waals surface area contributed by atoms with Crippen molar-refractivity contribution < 1.29 is 0 Å². The van der Waals surface area contributed by atoms with E-state index in [9.17, 15) is 0 Å². The lowest BCUT2D eigenvalue weighted by atomic mass is 10.00. The van der Waals surface area contributed by atoms with Crippen LogP contribution in [0, 0.1) is 6.57 Å². The van der Waals surface area contributed by atoms with Gasteiger partial charge in [-0.05, 0) is 65.7 Å². The summed E-state index contributed by atoms with van der Waals surface area (Å²) in [7, 11) is 0. The normalized spacial score (nSPS) is 11.4. The van der Waals surface area contributed by atoms with Crippen LogP contribution in [0.2, 0.25) is 0 Å². The zero-order valence-corrected chi connectivity index (χ0v) is 28.1. The predicted molar refractivity (Wildman–Crippen MR) is 215 cm³/mol. The number of pyridine rings is 1. The fraction of sp³-hybridized carbons (Fsp3) is 0. The van der Waals surface area contributed by atoms with Gasteiger partial charge in [0, 0.05) is 44.0 Å². The lowest BCUT2D eigenvalue weighted by Gasteiger charge is -2.13. The molecule has 0 amide bonds. The molecule has 0 saturated heterocycles. The van der Waals surface area contributed by atoms with Gasteiger partial charge in [0.05, 0.1) is 40.0 Å². The largest absolute Gasteiger partial charge is 0.310 e. The third-order valence-corrected chi connectivity index (χ3v) is 10.1. The minimum absolute atomic E-state index is 0.624. The topological polar surface area (TPSA) is 27.1 Å². The van der Waals surface area contributed by atoms with Crippen LogP contribution in [0.1, 0.15) is 0 Å². The summed E-state index contributed by atoms with van der Waals surface area (Å²) in [5.74, 6) is 0. The highest BCUT2D eigenvalue weighted by atomic mass is 15.0. The molecule has 4 nitrogen and oxygen atoms in total. The Balaban J connectivity index is 1.20. The quantitative estimate of drug-likeness (QED) is 0.169. The zero-order valence-electron chi connectivity index (χ0n) is 28.1. The van der Waals surface area contributed by atoms with Crippen LogP contribution in [0.15, 0.2) is 182 Å². The van der Waals surface area contributed by atoms with Crippen LogP contribution in [-0.2, 0) is 0 Å². The van der Waals surface area contributed by atoms with Crippen molar-refractivity contribution in [2.24, 2.45) is 0 Å². The van der Waals surface area contributed by atoms with Gasteiger partial charge >= 0.3 is 0 Å². The molecule has 10 rings (SSSR count). The first-order chi connectivity index (χ1) is 25.7. The maximum atomic E-state index is 7.66. The second kappa shape index (κ2) is 12.0. The minimum atomic E-state index is 0.624. The molecule has 0 spiro atoms. The zero-order chi connectivity index (χ0) is 34.6. The highest BCUT2D eigenvalue weighted by molar-refractivity contribution is 6.26. The smallest absolute Gasteiger partial charge is 0.189 e. The third kappa shape index (κ3) is 4.72. The van der Waals surface area contributed by atoms with Crippen LogP contribution in [0.25, 0.3) is 93.5 Å². The molecule has 7 aromatic carbocycles. The highest BCUT2D eigenvalue weighted by Crippen LogP contribution is 2.42. The van der Waals surface area contributed by atoms with Crippen molar-refractivity contribution in [3.63, 3.8) is 0 Å². The summed E-state index contributed by atoms with van der Waals surface area (Å²) < 4.78 is 4.70. The predicted octanol–water partition coefficient (Wildman–Crippen LogP) is 12.8. The molecule has 0 aliphatic rings. The molecule has 242 valence electrons. The van der Waals surface area contributed by atoms with Gasteiger partial charge in [-0.1, -0.05) is 127 Å². The van der Waals surface area contributed by atoms with Crippen LogP contribution in [0.5, 0.6) is 0 Å². The van der Waals surface area contributed by atoms with Gasteiger partial charge in [-0.3, -0.25) is 0 Å². The van der Waals surface area contributed by atoms with Gasteiger partial charge in [-0.2, -0.15) is 0 Å². The molecule has 0 aliphatic heterocycles. The summed E-state index contributed by atoms with van der Waals surface area (Å²) in [4.78, 5) is 8.91. The lowest BCUT2D eigenvalue weighted by Crippen LogP contribution is -1.96. The molecule has 10 aromatic rings. The second-order valence-electron chi connectivity index (χ2n) is 13.1. The van der Waals surface area contributed by atoms with Crippen molar-refractivity contribution in [3.8, 4) is 45.0 Å². The van der Waals surface area contributed by atoms with Crippen molar-refractivity contribution in [2.45, 2.75) is 0 Å². The van der Waals surface area contributed by atoms with Crippen LogP contribution in [0.3, 0.4) is 0 Å². The van der Waals surface area contributed by atoms with E-state index in [4.69, 9.17) is 11.6 Å². The molecule has 0 aliphatic carbocycles. The Labute approximate surface area is 300 Å². The van der Waals surface area contributed by atoms with Gasteiger partial charge in [0.1, 0.15) is 0 Å². The molecule has 0 bridgehead atoms. The fourth-order valence-electron chi connectivity index (χ4n) is 7.77. The Morgan fingerprint density at radius 2 is 1.02 bits per heavy atom. The average molecular weight is 663 g/mol. The summed E-state index contributed by atoms with van der Waals surface area (Å²) in [5.41, 5.74) is 13.5. The van der Waals surface area contributed by atoms with Gasteiger partial charge in [0.15, 0.2) is 5.69 Å². The number of hydrogen-bond acceptors (Lipinski definition) is 1. The SMILES string of the molecule is [C-]#[N+]c1cccc(-n2c3ccccc3c3c2ccc2c4ccccc4n(-c4ccc(-c5cc(-c6ccccc6)cc(-c6ccccc6)n5)cc4)c23)c1. The Bertz CT molecular complexity index is 2940. The minimum Gasteiger partial charge on any atom is -0.310 e. The molecular weight excluding hydrogens is 633 g/mol. The molecule has 0 radical (unpaired) electrons. The summed E-state index contributed by atoms with van der Waals surface area (Å²) >= 11 is 0. The van der Waals surface area contributed by atoms with E-state index < -0.39 is 0 Å².